The second-order valence-electron chi connectivity index (χ2n) is 12.0. The van der Waals surface area contributed by atoms with Crippen LogP contribution in [0, 0.1) is 18.2 Å². The zero-order valence-corrected chi connectivity index (χ0v) is 24.7. The van der Waals surface area contributed by atoms with Gasteiger partial charge in [0.05, 0.1) is 11.6 Å². The number of anilines is 4. The number of nitrogens with one attached hydrogen (secondary N) is 2. The predicted octanol–water partition coefficient (Wildman–Crippen LogP) is 5.21. The molecule has 1 amide bonds. The number of pyridine rings is 1. The molecule has 2 aromatic heterocycles. The largest absolute Gasteiger partial charge is 0.396 e. The molecule has 2 saturated heterocycles. The van der Waals surface area contributed by atoms with Crippen LogP contribution in [0.2, 0.25) is 0 Å². The Morgan fingerprint density at radius 3 is 2.72 bits per heavy atom. The molecule has 10 heteroatoms. The number of piperidine rings is 2. The normalized spacial score (nSPS) is 18.4. The van der Waals surface area contributed by atoms with Crippen molar-refractivity contribution in [3.05, 3.63) is 77.9 Å². The van der Waals surface area contributed by atoms with Crippen LogP contribution in [0.5, 0.6) is 0 Å². The minimum atomic E-state index is -0.629. The Morgan fingerprint density at radius 1 is 1.16 bits per heavy atom. The van der Waals surface area contributed by atoms with Crippen LogP contribution in [0.25, 0.3) is 10.8 Å². The van der Waals surface area contributed by atoms with Gasteiger partial charge in [-0.05, 0) is 85.8 Å². The van der Waals surface area contributed by atoms with Gasteiger partial charge in [-0.3, -0.25) is 9.69 Å². The van der Waals surface area contributed by atoms with Crippen molar-refractivity contribution in [2.75, 3.05) is 47.9 Å². The average Bonchev–Trinajstić information content (AvgIpc) is 3.02. The third kappa shape index (κ3) is 6.03. The first kappa shape index (κ1) is 28.9. The van der Waals surface area contributed by atoms with Crippen molar-refractivity contribution in [3.63, 3.8) is 0 Å². The highest BCUT2D eigenvalue weighted by molar-refractivity contribution is 6.11. The molecule has 2 fully saturated rings. The number of hydrogen-bond donors (Lipinski definition) is 3. The van der Waals surface area contributed by atoms with E-state index in [2.05, 4.69) is 37.4 Å². The lowest BCUT2D eigenvalue weighted by molar-refractivity contribution is 0.0968. The van der Waals surface area contributed by atoms with Crippen molar-refractivity contribution in [2.45, 2.75) is 45.6 Å². The van der Waals surface area contributed by atoms with Gasteiger partial charge in [0.15, 0.2) is 0 Å². The molecule has 0 unspecified atom stereocenters. The van der Waals surface area contributed by atoms with E-state index in [4.69, 9.17) is 0 Å². The smallest absolute Gasteiger partial charge is 0.262 e. The number of hydrogen-bond acceptors (Lipinski definition) is 8. The number of fused-ring (bicyclic) bond motifs is 1. The molecular formula is C33H38FN7O2. The number of aliphatic hydroxyl groups is 1. The average molecular weight is 584 g/mol. The molecule has 4 aromatic rings. The molecule has 43 heavy (non-hydrogen) atoms. The number of carbonyl (C=O) groups excluding carboxylic acids is 1. The van der Waals surface area contributed by atoms with E-state index in [-0.39, 0.29) is 23.6 Å². The fourth-order valence-electron chi connectivity index (χ4n) is 6.10. The van der Waals surface area contributed by atoms with Gasteiger partial charge >= 0.3 is 0 Å². The summed E-state index contributed by atoms with van der Waals surface area (Å²) in [7, 11) is 0. The maximum Gasteiger partial charge on any atom is 0.262 e. The molecule has 0 saturated carbocycles. The second-order valence-corrected chi connectivity index (χ2v) is 12.0. The van der Waals surface area contributed by atoms with Gasteiger partial charge in [-0.2, -0.15) is 4.98 Å². The van der Waals surface area contributed by atoms with E-state index in [0.29, 0.717) is 24.0 Å². The van der Waals surface area contributed by atoms with Gasteiger partial charge in [0.1, 0.15) is 17.5 Å². The summed E-state index contributed by atoms with van der Waals surface area (Å²) in [6.07, 6.45) is 6.85. The van der Waals surface area contributed by atoms with Gasteiger partial charge in [0, 0.05) is 49.7 Å². The van der Waals surface area contributed by atoms with Crippen LogP contribution >= 0.6 is 0 Å². The number of aromatic nitrogens is 3. The first-order chi connectivity index (χ1) is 20.8. The van der Waals surface area contributed by atoms with Crippen molar-refractivity contribution < 1.29 is 14.3 Å². The summed E-state index contributed by atoms with van der Waals surface area (Å²) in [6, 6.07) is 14.1. The molecule has 9 nitrogen and oxygen atoms in total. The van der Waals surface area contributed by atoms with Crippen molar-refractivity contribution >= 4 is 40.0 Å². The Kier molecular flexibility index (Phi) is 8.23. The quantitative estimate of drug-likeness (QED) is 0.272. The minimum absolute atomic E-state index is 0.0153. The van der Waals surface area contributed by atoms with E-state index in [9.17, 15) is 9.90 Å². The summed E-state index contributed by atoms with van der Waals surface area (Å²) in [5.74, 6) is 0.629. The molecule has 6 rings (SSSR count). The standard InChI is InChI=1S/C33H38FN7O2/c1-22-5-3-6-23-10-15-36-30(29(22)23)41(25-7-4-14-35-20-25)31(43)26-9-8-24(19-27(26)34)38-32-37-16-11-28(39-32)40-17-12-33(2,21-42)13-18-40/h3,5-6,8-11,15-16,19,25,35,42H,4,7,12-14,17-18,20-21H2,1-2H3,(H,37,38,39)/t25-/m1/s1. The Morgan fingerprint density at radius 2 is 1.98 bits per heavy atom. The monoisotopic (exact) mass is 583 g/mol. The zero-order chi connectivity index (χ0) is 30.0. The Bertz CT molecular complexity index is 1610. The van der Waals surface area contributed by atoms with Crippen molar-refractivity contribution in [1.29, 1.82) is 0 Å². The fourth-order valence-corrected chi connectivity index (χ4v) is 6.10. The number of carbonyl (C=O) groups is 1. The lowest BCUT2D eigenvalue weighted by atomic mass is 9.81. The number of aryl methyl sites for hydroxylation is 1. The van der Waals surface area contributed by atoms with Crippen LogP contribution in [0.4, 0.5) is 27.7 Å². The molecular weight excluding hydrogens is 545 g/mol. The molecule has 0 radical (unpaired) electrons. The summed E-state index contributed by atoms with van der Waals surface area (Å²) in [4.78, 5) is 31.6. The van der Waals surface area contributed by atoms with Crippen LogP contribution in [0.1, 0.15) is 48.5 Å². The van der Waals surface area contributed by atoms with Crippen LogP contribution in [0.3, 0.4) is 0 Å². The van der Waals surface area contributed by atoms with Gasteiger partial charge in [-0.1, -0.05) is 25.1 Å². The molecule has 2 aliphatic heterocycles. The highest BCUT2D eigenvalue weighted by atomic mass is 19.1. The minimum Gasteiger partial charge on any atom is -0.396 e. The highest BCUT2D eigenvalue weighted by Crippen LogP contribution is 2.33. The van der Waals surface area contributed by atoms with E-state index < -0.39 is 11.7 Å². The lowest BCUT2D eigenvalue weighted by Gasteiger charge is -2.38. The molecule has 0 spiro atoms. The van der Waals surface area contributed by atoms with Gasteiger partial charge in [-0.15, -0.1) is 0 Å². The van der Waals surface area contributed by atoms with Crippen LogP contribution in [-0.4, -0.2) is 64.8 Å². The number of amides is 1. The maximum atomic E-state index is 15.7. The third-order valence-corrected chi connectivity index (χ3v) is 8.84. The van der Waals surface area contributed by atoms with E-state index in [1.54, 1.807) is 23.4 Å². The Labute approximate surface area is 251 Å². The molecule has 0 aliphatic carbocycles. The first-order valence-corrected chi connectivity index (χ1v) is 15.0. The summed E-state index contributed by atoms with van der Waals surface area (Å²) in [6.45, 7) is 7.36. The number of halogens is 1. The van der Waals surface area contributed by atoms with Crippen LogP contribution in [-0.2, 0) is 0 Å². The van der Waals surface area contributed by atoms with Gasteiger partial charge in [-0.25, -0.2) is 14.4 Å². The maximum absolute atomic E-state index is 15.7. The number of nitrogens with zero attached hydrogens (tertiary/aromatic N) is 5. The van der Waals surface area contributed by atoms with E-state index in [0.717, 1.165) is 67.5 Å². The molecule has 4 heterocycles. The summed E-state index contributed by atoms with van der Waals surface area (Å²) < 4.78 is 15.7. The van der Waals surface area contributed by atoms with Crippen molar-refractivity contribution in [2.24, 2.45) is 5.41 Å². The van der Waals surface area contributed by atoms with Gasteiger partial charge < -0.3 is 20.6 Å². The molecule has 3 N–H and O–H groups in total. The molecule has 0 bridgehead atoms. The summed E-state index contributed by atoms with van der Waals surface area (Å²) in [5.41, 5.74) is 1.38. The topological polar surface area (TPSA) is 107 Å². The Balaban J connectivity index is 1.26. The zero-order valence-electron chi connectivity index (χ0n) is 24.7. The van der Waals surface area contributed by atoms with Gasteiger partial charge in [0.25, 0.3) is 5.91 Å². The third-order valence-electron chi connectivity index (χ3n) is 8.84. The van der Waals surface area contributed by atoms with E-state index in [1.165, 1.54) is 12.1 Å². The van der Waals surface area contributed by atoms with Crippen molar-refractivity contribution in [1.82, 2.24) is 20.3 Å². The highest BCUT2D eigenvalue weighted by Gasteiger charge is 2.32. The summed E-state index contributed by atoms with van der Waals surface area (Å²) in [5, 5.41) is 18.1. The predicted molar refractivity (Wildman–Crippen MR) is 168 cm³/mol. The van der Waals surface area contributed by atoms with E-state index in [1.807, 2.05) is 37.3 Å². The van der Waals surface area contributed by atoms with E-state index >= 15 is 4.39 Å². The summed E-state index contributed by atoms with van der Waals surface area (Å²) >= 11 is 0. The molecule has 2 aromatic carbocycles. The fraction of sp³-hybridized carbons (Fsp3) is 0.394. The van der Waals surface area contributed by atoms with Crippen molar-refractivity contribution in [3.8, 4) is 0 Å². The SMILES string of the molecule is Cc1cccc2ccnc(N(C(=O)c3ccc(Nc4nccc(N5CCC(C)(CO)CC5)n4)cc3F)[C@@H]3CCCNC3)c12. The molecule has 224 valence electrons. The van der Waals surface area contributed by atoms with Crippen LogP contribution in [0.15, 0.2) is 60.9 Å². The second kappa shape index (κ2) is 12.2. The molecule has 1 atom stereocenters. The number of benzene rings is 2. The Hall–Kier alpha value is -4.15. The number of aliphatic hydroxyl groups excluding tert-OH is 1. The molecule has 2 aliphatic rings. The number of rotatable bonds is 7. The van der Waals surface area contributed by atoms with Crippen LogP contribution < -0.4 is 20.4 Å². The van der Waals surface area contributed by atoms with Gasteiger partial charge in [0.2, 0.25) is 5.95 Å². The lowest BCUT2D eigenvalue weighted by Crippen LogP contribution is -2.49. The first-order valence-electron chi connectivity index (χ1n) is 15.0.